The molecular weight excluding hydrogens is 270 g/mol. The van der Waals surface area contributed by atoms with Crippen LogP contribution in [-0.2, 0) is 9.84 Å². The molecule has 0 fully saturated rings. The summed E-state index contributed by atoms with van der Waals surface area (Å²) < 4.78 is 26.1. The van der Waals surface area contributed by atoms with Gasteiger partial charge < -0.3 is 5.32 Å². The molecule has 5 nitrogen and oxygen atoms in total. The molecule has 0 unspecified atom stereocenters. The molecule has 1 aliphatic rings. The highest BCUT2D eigenvalue weighted by atomic mass is 32.2. The van der Waals surface area contributed by atoms with Gasteiger partial charge in [0, 0.05) is 12.3 Å². The molecule has 0 saturated carbocycles. The van der Waals surface area contributed by atoms with E-state index in [9.17, 15) is 8.42 Å². The van der Waals surface area contributed by atoms with Gasteiger partial charge in [-0.2, -0.15) is 0 Å². The molecule has 1 aliphatic heterocycles. The molecule has 2 N–H and O–H groups in total. The first-order chi connectivity index (χ1) is 8.36. The molecule has 7 heteroatoms. The second kappa shape index (κ2) is 4.81. The van der Waals surface area contributed by atoms with Crippen LogP contribution in [0.15, 0.2) is 33.0 Å². The number of guanidine groups is 1. The third-order valence-corrected chi connectivity index (χ3v) is 4.26. The standard InChI is InChI=1S/C11H15N3O2S2/c1-7(2)12-11-13-9-6-8(18(3,15)16)4-5-10(9)17-14-11/h4-7H,1-3H3,(H2,12,13,14). The lowest BCUT2D eigenvalue weighted by Crippen LogP contribution is -2.30. The molecule has 98 valence electrons. The predicted molar refractivity (Wildman–Crippen MR) is 74.7 cm³/mol. The van der Waals surface area contributed by atoms with Crippen LogP contribution in [-0.4, -0.2) is 26.7 Å². The highest BCUT2D eigenvalue weighted by Gasteiger charge is 2.17. The predicted octanol–water partition coefficient (Wildman–Crippen LogP) is 1.88. The molecule has 0 amide bonds. The lowest BCUT2D eigenvalue weighted by Gasteiger charge is -2.21. The van der Waals surface area contributed by atoms with Crippen molar-refractivity contribution in [2.24, 2.45) is 4.99 Å². The number of benzene rings is 1. The number of anilines is 1. The van der Waals surface area contributed by atoms with Crippen LogP contribution in [0.4, 0.5) is 5.69 Å². The molecule has 0 atom stereocenters. The van der Waals surface area contributed by atoms with Crippen molar-refractivity contribution in [2.75, 3.05) is 11.6 Å². The maximum absolute atomic E-state index is 11.5. The van der Waals surface area contributed by atoms with E-state index >= 15 is 0 Å². The summed E-state index contributed by atoms with van der Waals surface area (Å²) in [5.41, 5.74) is 0.765. The van der Waals surface area contributed by atoms with Gasteiger partial charge in [0.25, 0.3) is 0 Å². The van der Waals surface area contributed by atoms with Crippen molar-refractivity contribution in [3.05, 3.63) is 18.2 Å². The Bertz CT molecular complexity index is 594. The Hall–Kier alpha value is -1.21. The molecular formula is C11H15N3O2S2. The van der Waals surface area contributed by atoms with Crippen molar-refractivity contribution in [2.45, 2.75) is 29.7 Å². The quantitative estimate of drug-likeness (QED) is 0.812. The number of nitrogens with zero attached hydrogens (tertiary/aromatic N) is 1. The maximum Gasteiger partial charge on any atom is 0.206 e. The van der Waals surface area contributed by atoms with Crippen molar-refractivity contribution in [1.29, 1.82) is 0 Å². The summed E-state index contributed by atoms with van der Waals surface area (Å²) in [6, 6.07) is 5.19. The molecule has 0 saturated heterocycles. The number of aliphatic imine (C=N–C) groups is 1. The maximum atomic E-state index is 11.5. The van der Waals surface area contributed by atoms with Crippen LogP contribution in [0.2, 0.25) is 0 Å². The Balaban J connectivity index is 2.36. The van der Waals surface area contributed by atoms with Gasteiger partial charge in [0.2, 0.25) is 5.96 Å². The molecule has 0 radical (unpaired) electrons. The van der Waals surface area contributed by atoms with Gasteiger partial charge in [-0.3, -0.25) is 4.72 Å². The summed E-state index contributed by atoms with van der Waals surface area (Å²) in [5.74, 6) is 0.646. The molecule has 1 aromatic rings. The monoisotopic (exact) mass is 285 g/mol. The second-order valence-corrected chi connectivity index (χ2v) is 7.19. The molecule has 2 rings (SSSR count). The van der Waals surface area contributed by atoms with E-state index in [1.165, 1.54) is 18.2 Å². The lowest BCUT2D eigenvalue weighted by atomic mass is 10.3. The fourth-order valence-electron chi connectivity index (χ4n) is 1.50. The molecule has 0 spiro atoms. The van der Waals surface area contributed by atoms with Crippen LogP contribution < -0.4 is 10.0 Å². The Labute approximate surface area is 111 Å². The number of fused-ring (bicyclic) bond motifs is 1. The van der Waals surface area contributed by atoms with E-state index in [1.807, 2.05) is 13.8 Å². The van der Waals surface area contributed by atoms with Gasteiger partial charge in [0.05, 0.1) is 15.5 Å². The van der Waals surface area contributed by atoms with Gasteiger partial charge in [0.1, 0.15) is 0 Å². The van der Waals surface area contributed by atoms with Gasteiger partial charge >= 0.3 is 0 Å². The van der Waals surface area contributed by atoms with Crippen molar-refractivity contribution in [3.8, 4) is 0 Å². The normalized spacial score (nSPS) is 17.2. The van der Waals surface area contributed by atoms with Crippen LogP contribution in [0.5, 0.6) is 0 Å². The van der Waals surface area contributed by atoms with E-state index in [4.69, 9.17) is 0 Å². The first kappa shape index (κ1) is 13.2. The zero-order valence-electron chi connectivity index (χ0n) is 10.4. The van der Waals surface area contributed by atoms with E-state index < -0.39 is 9.84 Å². The van der Waals surface area contributed by atoms with E-state index in [0.717, 1.165) is 10.6 Å². The highest BCUT2D eigenvalue weighted by Crippen LogP contribution is 2.31. The summed E-state index contributed by atoms with van der Waals surface area (Å²) in [6.07, 6.45) is 1.20. The van der Waals surface area contributed by atoms with Crippen LogP contribution in [0.3, 0.4) is 0 Å². The van der Waals surface area contributed by atoms with Crippen molar-refractivity contribution >= 4 is 33.4 Å². The number of hydrogen-bond donors (Lipinski definition) is 2. The van der Waals surface area contributed by atoms with E-state index in [1.54, 1.807) is 18.2 Å². The fourth-order valence-corrected chi connectivity index (χ4v) is 2.81. The topological polar surface area (TPSA) is 70.6 Å². The summed E-state index contributed by atoms with van der Waals surface area (Å²) in [5, 5.41) is 3.09. The first-order valence-electron chi connectivity index (χ1n) is 5.48. The van der Waals surface area contributed by atoms with Crippen molar-refractivity contribution < 1.29 is 8.42 Å². The average Bonchev–Trinajstić information content (AvgIpc) is 2.26. The smallest absolute Gasteiger partial charge is 0.206 e. The SMILES string of the molecule is CC(C)N=C1NSc2ccc(S(C)(=O)=O)cc2N1. The molecule has 1 aromatic carbocycles. The Morgan fingerprint density at radius 1 is 1.33 bits per heavy atom. The highest BCUT2D eigenvalue weighted by molar-refractivity contribution is 7.98. The van der Waals surface area contributed by atoms with Gasteiger partial charge in [0.15, 0.2) is 9.84 Å². The van der Waals surface area contributed by atoms with Gasteiger partial charge in [-0.05, 0) is 44.0 Å². The summed E-state index contributed by atoms with van der Waals surface area (Å²) in [4.78, 5) is 5.61. The fraction of sp³-hybridized carbons (Fsp3) is 0.364. The summed E-state index contributed by atoms with van der Waals surface area (Å²) >= 11 is 1.42. The summed E-state index contributed by atoms with van der Waals surface area (Å²) in [7, 11) is -3.19. The minimum atomic E-state index is -3.19. The number of nitrogens with one attached hydrogen (secondary N) is 2. The van der Waals surface area contributed by atoms with Crippen LogP contribution >= 0.6 is 11.9 Å². The van der Waals surface area contributed by atoms with Crippen LogP contribution in [0.25, 0.3) is 0 Å². The van der Waals surface area contributed by atoms with E-state index in [2.05, 4.69) is 15.0 Å². The molecule has 0 aliphatic carbocycles. The third-order valence-electron chi connectivity index (χ3n) is 2.28. The van der Waals surface area contributed by atoms with E-state index in [-0.39, 0.29) is 6.04 Å². The Morgan fingerprint density at radius 3 is 2.67 bits per heavy atom. The Morgan fingerprint density at radius 2 is 2.06 bits per heavy atom. The first-order valence-corrected chi connectivity index (χ1v) is 8.19. The third kappa shape index (κ3) is 2.97. The lowest BCUT2D eigenvalue weighted by molar-refractivity contribution is 0.602. The van der Waals surface area contributed by atoms with Crippen molar-refractivity contribution in [3.63, 3.8) is 0 Å². The minimum absolute atomic E-state index is 0.167. The van der Waals surface area contributed by atoms with Gasteiger partial charge in [-0.25, -0.2) is 13.4 Å². The largest absolute Gasteiger partial charge is 0.325 e. The minimum Gasteiger partial charge on any atom is -0.325 e. The zero-order valence-corrected chi connectivity index (χ0v) is 12.0. The van der Waals surface area contributed by atoms with Crippen molar-refractivity contribution in [1.82, 2.24) is 4.72 Å². The Kier molecular flexibility index (Phi) is 3.54. The van der Waals surface area contributed by atoms with Crippen LogP contribution in [0.1, 0.15) is 13.8 Å². The van der Waals surface area contributed by atoms with Crippen LogP contribution in [0, 0.1) is 0 Å². The number of hydrogen-bond acceptors (Lipinski definition) is 4. The molecule has 18 heavy (non-hydrogen) atoms. The molecule has 0 bridgehead atoms. The zero-order chi connectivity index (χ0) is 13.3. The van der Waals surface area contributed by atoms with Gasteiger partial charge in [-0.15, -0.1) is 0 Å². The van der Waals surface area contributed by atoms with E-state index in [0.29, 0.717) is 10.9 Å². The molecule has 0 aromatic heterocycles. The summed E-state index contributed by atoms with van der Waals surface area (Å²) in [6.45, 7) is 3.95. The average molecular weight is 285 g/mol. The van der Waals surface area contributed by atoms with Gasteiger partial charge in [-0.1, -0.05) is 0 Å². The number of rotatable bonds is 2. The second-order valence-electron chi connectivity index (χ2n) is 4.33. The molecule has 1 heterocycles. The number of sulfone groups is 1.